The molecule has 192 valence electrons. The molecule has 0 bridgehead atoms. The number of carboxylic acid groups (broad SMARTS) is 1. The second kappa shape index (κ2) is 12.2. The highest BCUT2D eigenvalue weighted by Crippen LogP contribution is 2.29. The van der Waals surface area contributed by atoms with Crippen molar-refractivity contribution in [1.82, 2.24) is 0 Å². The summed E-state index contributed by atoms with van der Waals surface area (Å²) in [5.74, 6) is -0.0277. The highest BCUT2D eigenvalue weighted by molar-refractivity contribution is 6.32. The van der Waals surface area contributed by atoms with Crippen molar-refractivity contribution in [1.29, 1.82) is 0 Å². The Morgan fingerprint density at radius 3 is 2.26 bits per heavy atom. The Hall–Kier alpha value is -4.42. The SMILES string of the molecule is CC(C(=O)O)c1cccc(Oc2ccccc2)c1.CN1C(=O)CN=C(c2ccccc2)c2cc(Cl)ccc21. The molecule has 0 spiro atoms. The number of rotatable bonds is 5. The van der Waals surface area contributed by atoms with E-state index in [2.05, 4.69) is 4.99 Å². The van der Waals surface area contributed by atoms with Gasteiger partial charge < -0.3 is 14.7 Å². The largest absolute Gasteiger partial charge is 0.481 e. The number of anilines is 1. The zero-order valence-corrected chi connectivity index (χ0v) is 21.8. The average Bonchev–Trinajstić information content (AvgIpc) is 3.05. The first-order valence-electron chi connectivity index (χ1n) is 12.1. The maximum Gasteiger partial charge on any atom is 0.310 e. The minimum Gasteiger partial charge on any atom is -0.481 e. The summed E-state index contributed by atoms with van der Waals surface area (Å²) in [4.78, 5) is 29.1. The number of aliphatic imine (C=N–C) groups is 1. The molecule has 0 aromatic heterocycles. The first-order chi connectivity index (χ1) is 18.3. The molecule has 7 heteroatoms. The van der Waals surface area contributed by atoms with Gasteiger partial charge in [-0.05, 0) is 55.0 Å². The predicted octanol–water partition coefficient (Wildman–Crippen LogP) is 6.82. The fourth-order valence-corrected chi connectivity index (χ4v) is 4.09. The summed E-state index contributed by atoms with van der Waals surface area (Å²) >= 11 is 6.11. The molecule has 1 aliphatic rings. The van der Waals surface area contributed by atoms with Crippen molar-refractivity contribution in [3.8, 4) is 11.5 Å². The topological polar surface area (TPSA) is 79.2 Å². The van der Waals surface area contributed by atoms with Gasteiger partial charge in [0.05, 0.1) is 17.3 Å². The number of ether oxygens (including phenoxy) is 1. The Kier molecular flexibility index (Phi) is 8.56. The highest BCUT2D eigenvalue weighted by atomic mass is 35.5. The quantitative estimate of drug-likeness (QED) is 0.309. The molecule has 6 nitrogen and oxygen atoms in total. The van der Waals surface area contributed by atoms with Crippen LogP contribution in [0.2, 0.25) is 5.02 Å². The molecule has 1 aliphatic heterocycles. The summed E-state index contributed by atoms with van der Waals surface area (Å²) in [6, 6.07) is 31.9. The molecule has 1 unspecified atom stereocenters. The van der Waals surface area contributed by atoms with Gasteiger partial charge in [-0.25, -0.2) is 0 Å². The van der Waals surface area contributed by atoms with Crippen molar-refractivity contribution in [2.75, 3.05) is 18.5 Å². The number of para-hydroxylation sites is 1. The van der Waals surface area contributed by atoms with Gasteiger partial charge >= 0.3 is 5.97 Å². The van der Waals surface area contributed by atoms with Crippen molar-refractivity contribution >= 4 is 34.9 Å². The van der Waals surface area contributed by atoms with Crippen molar-refractivity contribution < 1.29 is 19.4 Å². The summed E-state index contributed by atoms with van der Waals surface area (Å²) in [5.41, 5.74) is 4.24. The van der Waals surface area contributed by atoms with Gasteiger partial charge in [-0.1, -0.05) is 72.3 Å². The third-order valence-electron chi connectivity index (χ3n) is 6.08. The van der Waals surface area contributed by atoms with E-state index in [1.54, 1.807) is 43.1 Å². The molecule has 0 radical (unpaired) electrons. The maximum atomic E-state index is 12.0. The first-order valence-corrected chi connectivity index (χ1v) is 12.4. The van der Waals surface area contributed by atoms with E-state index in [-0.39, 0.29) is 12.5 Å². The number of hydrogen-bond donors (Lipinski definition) is 1. The minimum atomic E-state index is -0.841. The molecule has 5 rings (SSSR count). The van der Waals surface area contributed by atoms with E-state index in [9.17, 15) is 9.59 Å². The standard InChI is InChI=1S/C16H13ClN2O.C15H14O3/c1-19-14-8-7-12(17)9-13(14)16(18-10-15(19)20)11-5-3-2-4-6-11;1-11(15(16)17)12-6-5-9-14(10-12)18-13-7-3-2-4-8-13/h2-9H,10H2,1H3;2-11H,1H3,(H,16,17). The lowest BCUT2D eigenvalue weighted by atomic mass is 10.0. The van der Waals surface area contributed by atoms with Crippen molar-refractivity contribution in [3.63, 3.8) is 0 Å². The van der Waals surface area contributed by atoms with Crippen LogP contribution in [0.5, 0.6) is 11.5 Å². The van der Waals surface area contributed by atoms with E-state index in [4.69, 9.17) is 21.4 Å². The monoisotopic (exact) mass is 526 g/mol. The molecule has 4 aromatic carbocycles. The van der Waals surface area contributed by atoms with E-state index in [0.29, 0.717) is 10.8 Å². The number of carbonyl (C=O) groups is 2. The Labute approximate surface area is 226 Å². The zero-order chi connectivity index (χ0) is 27.1. The Morgan fingerprint density at radius 2 is 1.58 bits per heavy atom. The van der Waals surface area contributed by atoms with E-state index < -0.39 is 11.9 Å². The van der Waals surface area contributed by atoms with Crippen LogP contribution < -0.4 is 9.64 Å². The van der Waals surface area contributed by atoms with E-state index in [1.807, 2.05) is 78.9 Å². The molecular formula is C31H27ClN2O4. The highest BCUT2D eigenvalue weighted by Gasteiger charge is 2.22. The van der Waals surface area contributed by atoms with Gasteiger partial charge in [0.1, 0.15) is 18.0 Å². The van der Waals surface area contributed by atoms with Gasteiger partial charge in [0.25, 0.3) is 0 Å². The van der Waals surface area contributed by atoms with Crippen LogP contribution in [0.15, 0.2) is 108 Å². The van der Waals surface area contributed by atoms with Gasteiger partial charge in [0.15, 0.2) is 0 Å². The lowest BCUT2D eigenvalue weighted by Crippen LogP contribution is -2.27. The van der Waals surface area contributed by atoms with Crippen molar-refractivity contribution in [3.05, 3.63) is 125 Å². The second-order valence-electron chi connectivity index (χ2n) is 8.69. The molecule has 1 atom stereocenters. The molecule has 1 N–H and O–H groups in total. The Balaban J connectivity index is 0.000000178. The zero-order valence-electron chi connectivity index (χ0n) is 21.0. The van der Waals surface area contributed by atoms with E-state index in [0.717, 1.165) is 33.8 Å². The fraction of sp³-hybridized carbons (Fsp3) is 0.129. The third kappa shape index (κ3) is 6.47. The van der Waals surface area contributed by atoms with Crippen LogP contribution >= 0.6 is 11.6 Å². The first kappa shape index (κ1) is 26.6. The molecule has 4 aromatic rings. The van der Waals surface area contributed by atoms with Crippen molar-refractivity contribution in [2.45, 2.75) is 12.8 Å². The number of amides is 1. The fourth-order valence-electron chi connectivity index (χ4n) is 3.92. The van der Waals surface area contributed by atoms with Crippen LogP contribution in [0.3, 0.4) is 0 Å². The number of halogens is 1. The number of benzodiazepines with no additional fused rings is 1. The van der Waals surface area contributed by atoms with Gasteiger partial charge in [-0.2, -0.15) is 0 Å². The van der Waals surface area contributed by atoms with Crippen LogP contribution in [0.4, 0.5) is 5.69 Å². The molecule has 1 heterocycles. The molecular weight excluding hydrogens is 500 g/mol. The molecule has 0 saturated heterocycles. The summed E-state index contributed by atoms with van der Waals surface area (Å²) in [6.45, 7) is 1.80. The number of carbonyl (C=O) groups excluding carboxylic acids is 1. The van der Waals surface area contributed by atoms with Crippen LogP contribution in [-0.4, -0.2) is 36.3 Å². The number of aliphatic carboxylic acids is 1. The molecule has 38 heavy (non-hydrogen) atoms. The van der Waals surface area contributed by atoms with Gasteiger partial charge in [-0.15, -0.1) is 0 Å². The summed E-state index contributed by atoms with van der Waals surface area (Å²) in [5, 5.41) is 9.61. The summed E-state index contributed by atoms with van der Waals surface area (Å²) in [6.07, 6.45) is 0. The number of benzene rings is 4. The molecule has 0 saturated carbocycles. The number of likely N-dealkylation sites (N-methyl/N-ethyl adjacent to an activating group) is 1. The number of fused-ring (bicyclic) bond motifs is 1. The van der Waals surface area contributed by atoms with E-state index >= 15 is 0 Å². The normalized spacial score (nSPS) is 13.3. The third-order valence-corrected chi connectivity index (χ3v) is 6.31. The number of nitrogens with zero attached hydrogens (tertiary/aromatic N) is 2. The number of hydrogen-bond acceptors (Lipinski definition) is 4. The van der Waals surface area contributed by atoms with Gasteiger partial charge in [-0.3, -0.25) is 14.6 Å². The smallest absolute Gasteiger partial charge is 0.310 e. The van der Waals surface area contributed by atoms with Crippen LogP contribution in [0.1, 0.15) is 29.5 Å². The van der Waals surface area contributed by atoms with Crippen LogP contribution in [0.25, 0.3) is 0 Å². The summed E-state index contributed by atoms with van der Waals surface area (Å²) < 4.78 is 5.66. The predicted molar refractivity (Wildman–Crippen MR) is 151 cm³/mol. The Bertz CT molecular complexity index is 1460. The lowest BCUT2D eigenvalue weighted by Gasteiger charge is -2.18. The molecule has 1 amide bonds. The number of carboxylic acids is 1. The van der Waals surface area contributed by atoms with Crippen LogP contribution in [-0.2, 0) is 9.59 Å². The van der Waals surface area contributed by atoms with Crippen molar-refractivity contribution in [2.24, 2.45) is 4.99 Å². The minimum absolute atomic E-state index is 0.0282. The van der Waals surface area contributed by atoms with Gasteiger partial charge in [0, 0.05) is 23.2 Å². The molecule has 0 aliphatic carbocycles. The summed E-state index contributed by atoms with van der Waals surface area (Å²) in [7, 11) is 1.76. The maximum absolute atomic E-state index is 12.0. The average molecular weight is 527 g/mol. The second-order valence-corrected chi connectivity index (χ2v) is 9.13. The van der Waals surface area contributed by atoms with E-state index in [1.165, 1.54) is 0 Å². The Morgan fingerprint density at radius 1 is 0.921 bits per heavy atom. The van der Waals surface area contributed by atoms with Gasteiger partial charge in [0.2, 0.25) is 5.91 Å². The molecule has 0 fully saturated rings. The lowest BCUT2D eigenvalue weighted by molar-refractivity contribution is -0.138. The van der Waals surface area contributed by atoms with Crippen LogP contribution in [0, 0.1) is 0 Å².